The fourth-order valence-corrected chi connectivity index (χ4v) is 5.97. The van der Waals surface area contributed by atoms with E-state index in [9.17, 15) is 38.7 Å². The molecule has 0 bridgehead atoms. The summed E-state index contributed by atoms with van der Waals surface area (Å²) < 4.78 is 13.0. The minimum atomic E-state index is -1.67. The number of benzene rings is 2. The number of carboxylic acid groups (broad SMARTS) is 2. The lowest BCUT2D eigenvalue weighted by molar-refractivity contribution is -0.171. The van der Waals surface area contributed by atoms with Gasteiger partial charge in [-0.25, -0.2) is 9.59 Å². The summed E-state index contributed by atoms with van der Waals surface area (Å²) in [7, 11) is 0. The molecule has 0 fully saturated rings. The molecule has 0 aliphatic rings. The van der Waals surface area contributed by atoms with E-state index in [1.165, 1.54) is 55.1 Å². The molecule has 2 aromatic carbocycles. The number of carboxylic acids is 2. The summed E-state index contributed by atoms with van der Waals surface area (Å²) >= 11 is 0. The number of furan rings is 1. The van der Waals surface area contributed by atoms with Gasteiger partial charge in [-0.2, -0.15) is 5.06 Å². The lowest BCUT2D eigenvalue weighted by Crippen LogP contribution is -2.49. The number of nitrogens with zero attached hydrogens (tertiary/aromatic N) is 4. The molecule has 2 aromatic heterocycles. The van der Waals surface area contributed by atoms with Crippen LogP contribution < -0.4 is 20.7 Å². The lowest BCUT2D eigenvalue weighted by Gasteiger charge is -2.31. The van der Waals surface area contributed by atoms with Crippen molar-refractivity contribution in [3.63, 3.8) is 0 Å². The van der Waals surface area contributed by atoms with Gasteiger partial charge in [0, 0.05) is 11.3 Å². The molecule has 3 atom stereocenters. The maximum Gasteiger partial charge on any atom is 0.363 e. The maximum atomic E-state index is 13.6. The van der Waals surface area contributed by atoms with Crippen molar-refractivity contribution in [1.29, 1.82) is 0 Å². The van der Waals surface area contributed by atoms with Crippen molar-refractivity contribution in [3.8, 4) is 22.8 Å². The van der Waals surface area contributed by atoms with Gasteiger partial charge in [0.15, 0.2) is 5.76 Å². The van der Waals surface area contributed by atoms with E-state index in [4.69, 9.17) is 19.1 Å². The molecule has 5 N–H and O–H groups in total. The topological polar surface area (TPSA) is 262 Å². The van der Waals surface area contributed by atoms with E-state index in [2.05, 4.69) is 26.1 Å². The van der Waals surface area contributed by atoms with Gasteiger partial charge in [0.05, 0.1) is 42.8 Å². The SMILES string of the molecule is CCCCC[C@@H](C(=O)NCNC(=O)c1ccc(-c2ccc(C(=O)N[C@@H](CC(=O)O)C(=O)O)c(OCC)c2)o1)[C@@H](CC)N(C=O)OC(=O)c1ccc(-n2cnnc2)cc1. The summed E-state index contributed by atoms with van der Waals surface area (Å²) in [5, 5.41) is 34.1. The van der Waals surface area contributed by atoms with Gasteiger partial charge >= 0.3 is 17.9 Å². The zero-order valence-corrected chi connectivity index (χ0v) is 32.1. The van der Waals surface area contributed by atoms with Gasteiger partial charge in [-0.05, 0) is 68.3 Å². The van der Waals surface area contributed by atoms with Crippen molar-refractivity contribution in [3.05, 3.63) is 84.1 Å². The second kappa shape index (κ2) is 21.3. The first-order chi connectivity index (χ1) is 27.9. The van der Waals surface area contributed by atoms with E-state index in [1.54, 1.807) is 30.5 Å². The minimum absolute atomic E-state index is 0.0508. The van der Waals surface area contributed by atoms with E-state index in [0.717, 1.165) is 17.9 Å². The van der Waals surface area contributed by atoms with Gasteiger partial charge in [0.1, 0.15) is 30.2 Å². The van der Waals surface area contributed by atoms with Gasteiger partial charge in [-0.15, -0.1) is 10.2 Å². The molecule has 0 spiro atoms. The fourth-order valence-electron chi connectivity index (χ4n) is 5.97. The van der Waals surface area contributed by atoms with E-state index in [-0.39, 0.29) is 48.1 Å². The highest BCUT2D eigenvalue weighted by atomic mass is 16.7. The first-order valence-corrected chi connectivity index (χ1v) is 18.5. The van der Waals surface area contributed by atoms with E-state index < -0.39 is 60.1 Å². The largest absolute Gasteiger partial charge is 0.493 e. The standard InChI is InChI=1S/C39H45N7O12/c1-4-7-8-9-27(30(5-2)46(23-47)58-39(55)24-10-13-26(14-11-24)45-21-42-43-22-45)35(50)40-20-41-37(52)32-17-16-31(57-32)25-12-15-28(33(18-25)56-6-3)36(51)44-29(38(53)54)19-34(48)49/h10-18,21-23,27,29-30H,4-9,19-20H2,1-3H3,(H,40,50)(H,41,52)(H,44,51)(H,48,49)(H,53,54)/t27-,29+,30-/m1/s1. The number of rotatable bonds is 23. The van der Waals surface area contributed by atoms with Crippen LogP contribution in [-0.2, 0) is 24.0 Å². The molecule has 0 aliphatic carbocycles. The lowest BCUT2D eigenvalue weighted by atomic mass is 9.90. The van der Waals surface area contributed by atoms with Crippen LogP contribution in [0.2, 0.25) is 0 Å². The molecule has 0 saturated heterocycles. The monoisotopic (exact) mass is 803 g/mol. The number of ether oxygens (including phenoxy) is 1. The third-order valence-corrected chi connectivity index (χ3v) is 8.91. The molecule has 0 aliphatic heterocycles. The van der Waals surface area contributed by atoms with Crippen molar-refractivity contribution in [2.75, 3.05) is 13.3 Å². The molecule has 19 heteroatoms. The highest BCUT2D eigenvalue weighted by Crippen LogP contribution is 2.29. The third-order valence-electron chi connectivity index (χ3n) is 8.91. The zero-order chi connectivity index (χ0) is 42.2. The second-order valence-electron chi connectivity index (χ2n) is 12.8. The van der Waals surface area contributed by atoms with Gasteiger partial charge in [-0.3, -0.25) is 28.5 Å². The normalized spacial score (nSPS) is 12.3. The number of amides is 4. The van der Waals surface area contributed by atoms with E-state index >= 15 is 0 Å². The molecule has 0 unspecified atom stereocenters. The highest BCUT2D eigenvalue weighted by Gasteiger charge is 2.34. The molecular formula is C39H45N7O12. The number of hydrogen-bond acceptors (Lipinski definition) is 12. The summed E-state index contributed by atoms with van der Waals surface area (Å²) in [6.07, 6.45) is 5.52. The Kier molecular flexibility index (Phi) is 16.0. The van der Waals surface area contributed by atoms with Crippen molar-refractivity contribution >= 4 is 42.0 Å². The number of hydrogen-bond donors (Lipinski definition) is 5. The first kappa shape index (κ1) is 43.7. The molecule has 2 heterocycles. The highest BCUT2D eigenvalue weighted by molar-refractivity contribution is 6.00. The first-order valence-electron chi connectivity index (χ1n) is 18.5. The Morgan fingerprint density at radius 2 is 1.64 bits per heavy atom. The fraction of sp³-hybridized carbons (Fsp3) is 0.359. The van der Waals surface area contributed by atoms with Crippen LogP contribution >= 0.6 is 0 Å². The van der Waals surface area contributed by atoms with Crippen LogP contribution in [0.15, 0.2) is 71.7 Å². The molecule has 4 rings (SSSR count). The number of unbranched alkanes of at least 4 members (excludes halogenated alkanes) is 2. The minimum Gasteiger partial charge on any atom is -0.493 e. The predicted octanol–water partition coefficient (Wildman–Crippen LogP) is 3.59. The molecule has 4 amide bonds. The van der Waals surface area contributed by atoms with Gasteiger partial charge in [-0.1, -0.05) is 39.2 Å². The Balaban J connectivity index is 1.40. The smallest absolute Gasteiger partial charge is 0.363 e. The number of hydroxylamine groups is 2. The average molecular weight is 804 g/mol. The summed E-state index contributed by atoms with van der Waals surface area (Å²) in [6.45, 7) is 5.27. The Labute approximate surface area is 332 Å². The number of carbonyl (C=O) groups is 7. The van der Waals surface area contributed by atoms with Crippen molar-refractivity contribution in [2.45, 2.75) is 71.4 Å². The number of aromatic nitrogens is 3. The second-order valence-corrected chi connectivity index (χ2v) is 12.8. The molecular weight excluding hydrogens is 758 g/mol. The third kappa shape index (κ3) is 11.7. The number of aliphatic carboxylic acids is 2. The summed E-state index contributed by atoms with van der Waals surface area (Å²) in [6, 6.07) is 11.1. The average Bonchev–Trinajstić information content (AvgIpc) is 3.94. The predicted molar refractivity (Wildman–Crippen MR) is 203 cm³/mol. The van der Waals surface area contributed by atoms with Crippen LogP contribution in [0, 0.1) is 5.92 Å². The van der Waals surface area contributed by atoms with Crippen LogP contribution in [0.25, 0.3) is 17.0 Å². The van der Waals surface area contributed by atoms with Gasteiger partial charge in [0.2, 0.25) is 12.3 Å². The Morgan fingerprint density at radius 3 is 2.26 bits per heavy atom. The summed E-state index contributed by atoms with van der Waals surface area (Å²) in [4.78, 5) is 92.8. The Bertz CT molecular complexity index is 2050. The van der Waals surface area contributed by atoms with Gasteiger partial charge in [0.25, 0.3) is 11.8 Å². The summed E-state index contributed by atoms with van der Waals surface area (Å²) in [5.41, 5.74) is 1.23. The number of carbonyl (C=O) groups excluding carboxylic acids is 5. The van der Waals surface area contributed by atoms with Crippen molar-refractivity contribution in [2.24, 2.45) is 5.92 Å². The van der Waals surface area contributed by atoms with E-state index in [0.29, 0.717) is 30.5 Å². The molecule has 4 aromatic rings. The quantitative estimate of drug-likeness (QED) is 0.0311. The Hall–Kier alpha value is -7.05. The van der Waals surface area contributed by atoms with Gasteiger partial charge < -0.3 is 40.2 Å². The Morgan fingerprint density at radius 1 is 0.914 bits per heavy atom. The van der Waals surface area contributed by atoms with Crippen molar-refractivity contribution in [1.82, 2.24) is 35.8 Å². The number of nitrogens with one attached hydrogen (secondary N) is 3. The molecule has 308 valence electrons. The molecule has 58 heavy (non-hydrogen) atoms. The molecule has 0 radical (unpaired) electrons. The molecule has 0 saturated carbocycles. The van der Waals surface area contributed by atoms with Crippen LogP contribution in [0.3, 0.4) is 0 Å². The maximum absolute atomic E-state index is 13.6. The summed E-state index contributed by atoms with van der Waals surface area (Å²) in [5.74, 6) is -6.36. The van der Waals surface area contributed by atoms with Crippen LogP contribution in [0.1, 0.15) is 90.6 Å². The van der Waals surface area contributed by atoms with Crippen LogP contribution in [0.5, 0.6) is 5.75 Å². The van der Waals surface area contributed by atoms with Crippen molar-refractivity contribution < 1.29 is 57.8 Å². The van der Waals surface area contributed by atoms with Crippen LogP contribution in [-0.4, -0.2) is 97.4 Å². The van der Waals surface area contributed by atoms with E-state index in [1.807, 2.05) is 6.92 Å². The zero-order valence-electron chi connectivity index (χ0n) is 32.1. The molecule has 19 nitrogen and oxygen atoms in total. The van der Waals surface area contributed by atoms with Crippen LogP contribution in [0.4, 0.5) is 0 Å².